The SMILES string of the molecule is CC(C)CCOP(O)(=S)CCC(C)C. The van der Waals surface area contributed by atoms with Crippen molar-refractivity contribution < 1.29 is 9.42 Å². The lowest BCUT2D eigenvalue weighted by Crippen LogP contribution is -2.01. The van der Waals surface area contributed by atoms with Crippen LogP contribution in [0.15, 0.2) is 0 Å². The average Bonchev–Trinajstić information content (AvgIpc) is 2.00. The van der Waals surface area contributed by atoms with Gasteiger partial charge in [0.15, 0.2) is 6.49 Å². The zero-order valence-electron chi connectivity index (χ0n) is 9.69. The summed E-state index contributed by atoms with van der Waals surface area (Å²) in [5, 5.41) is 0. The highest BCUT2D eigenvalue weighted by Gasteiger charge is 2.14. The summed E-state index contributed by atoms with van der Waals surface area (Å²) in [7, 11) is 0. The van der Waals surface area contributed by atoms with Crippen molar-refractivity contribution in [3.05, 3.63) is 0 Å². The van der Waals surface area contributed by atoms with E-state index in [2.05, 4.69) is 27.7 Å². The van der Waals surface area contributed by atoms with Crippen LogP contribution in [0.5, 0.6) is 0 Å². The fraction of sp³-hybridized carbons (Fsp3) is 1.00. The lowest BCUT2D eigenvalue weighted by molar-refractivity contribution is 0.281. The van der Waals surface area contributed by atoms with Crippen LogP contribution in [-0.2, 0) is 16.3 Å². The molecule has 1 N–H and O–H groups in total. The van der Waals surface area contributed by atoms with E-state index in [1.807, 2.05) is 0 Å². The first-order valence-corrected chi connectivity index (χ1v) is 8.15. The Balaban J connectivity index is 3.67. The minimum atomic E-state index is -2.47. The first kappa shape index (κ1) is 14.6. The summed E-state index contributed by atoms with van der Waals surface area (Å²) < 4.78 is 5.37. The molecule has 0 aliphatic carbocycles. The normalized spacial score (nSPS) is 16.2. The van der Waals surface area contributed by atoms with E-state index in [0.29, 0.717) is 24.6 Å². The molecule has 14 heavy (non-hydrogen) atoms. The Morgan fingerprint density at radius 2 is 1.64 bits per heavy atom. The number of hydrogen-bond donors (Lipinski definition) is 1. The van der Waals surface area contributed by atoms with Gasteiger partial charge in [0.1, 0.15) is 0 Å². The summed E-state index contributed by atoms with van der Waals surface area (Å²) in [6.07, 6.45) is 2.58. The van der Waals surface area contributed by atoms with Crippen molar-refractivity contribution >= 4 is 18.3 Å². The molecule has 0 bridgehead atoms. The van der Waals surface area contributed by atoms with Gasteiger partial charge >= 0.3 is 0 Å². The molecule has 0 aliphatic heterocycles. The predicted molar refractivity (Wildman–Crippen MR) is 66.2 cm³/mol. The van der Waals surface area contributed by atoms with Crippen LogP contribution in [0.25, 0.3) is 0 Å². The predicted octanol–water partition coefficient (Wildman–Crippen LogP) is 3.40. The molecule has 0 aromatic heterocycles. The van der Waals surface area contributed by atoms with E-state index in [4.69, 9.17) is 16.3 Å². The summed E-state index contributed by atoms with van der Waals surface area (Å²) in [6.45, 7) is 6.66. The minimum absolute atomic E-state index is 0.582. The summed E-state index contributed by atoms with van der Waals surface area (Å²) in [6, 6.07) is 0. The first-order chi connectivity index (χ1) is 6.33. The maximum absolute atomic E-state index is 9.78. The highest BCUT2D eigenvalue weighted by molar-refractivity contribution is 8.09. The molecule has 0 spiro atoms. The van der Waals surface area contributed by atoms with E-state index in [1.54, 1.807) is 0 Å². The molecular formula is C10H23O2PS. The van der Waals surface area contributed by atoms with Gasteiger partial charge in [0.2, 0.25) is 0 Å². The van der Waals surface area contributed by atoms with Crippen LogP contribution in [0, 0.1) is 11.8 Å². The van der Waals surface area contributed by atoms with E-state index in [9.17, 15) is 4.89 Å². The second-order valence-corrected chi connectivity index (χ2v) is 8.25. The van der Waals surface area contributed by atoms with Crippen molar-refractivity contribution in [3.8, 4) is 0 Å². The van der Waals surface area contributed by atoms with Gasteiger partial charge in [-0.05, 0) is 36.5 Å². The summed E-state index contributed by atoms with van der Waals surface area (Å²) in [5.74, 6) is 1.19. The third-order valence-electron chi connectivity index (χ3n) is 1.98. The molecule has 0 aromatic carbocycles. The van der Waals surface area contributed by atoms with Crippen LogP contribution >= 0.6 is 6.49 Å². The summed E-state index contributed by atoms with van der Waals surface area (Å²) in [4.78, 5) is 9.78. The van der Waals surface area contributed by atoms with Gasteiger partial charge in [-0.1, -0.05) is 27.7 Å². The van der Waals surface area contributed by atoms with Crippen molar-refractivity contribution in [2.45, 2.75) is 40.5 Å². The molecule has 4 heteroatoms. The van der Waals surface area contributed by atoms with Crippen LogP contribution in [-0.4, -0.2) is 17.7 Å². The number of rotatable bonds is 7. The molecule has 0 fully saturated rings. The Bertz CT molecular complexity index is 193. The molecule has 0 aromatic rings. The van der Waals surface area contributed by atoms with Crippen LogP contribution in [0.3, 0.4) is 0 Å². The van der Waals surface area contributed by atoms with Crippen molar-refractivity contribution in [3.63, 3.8) is 0 Å². The fourth-order valence-corrected chi connectivity index (χ4v) is 2.82. The first-order valence-electron chi connectivity index (χ1n) is 5.30. The van der Waals surface area contributed by atoms with Crippen LogP contribution in [0.1, 0.15) is 40.5 Å². The Morgan fingerprint density at radius 3 is 2.07 bits per heavy atom. The number of hydrogen-bond acceptors (Lipinski definition) is 2. The Kier molecular flexibility index (Phi) is 7.23. The minimum Gasteiger partial charge on any atom is -0.345 e. The molecule has 1 unspecified atom stereocenters. The molecule has 2 nitrogen and oxygen atoms in total. The van der Waals surface area contributed by atoms with Crippen molar-refractivity contribution in [2.24, 2.45) is 11.8 Å². The van der Waals surface area contributed by atoms with E-state index in [0.717, 1.165) is 12.8 Å². The molecule has 0 aliphatic rings. The molecule has 86 valence electrons. The second-order valence-electron chi connectivity index (χ2n) is 4.56. The van der Waals surface area contributed by atoms with Crippen molar-refractivity contribution in [2.75, 3.05) is 12.8 Å². The van der Waals surface area contributed by atoms with Crippen molar-refractivity contribution in [1.29, 1.82) is 0 Å². The largest absolute Gasteiger partial charge is 0.345 e. The van der Waals surface area contributed by atoms with E-state index < -0.39 is 6.49 Å². The van der Waals surface area contributed by atoms with Gasteiger partial charge in [0.25, 0.3) is 0 Å². The third kappa shape index (κ3) is 9.14. The van der Waals surface area contributed by atoms with Crippen molar-refractivity contribution in [1.82, 2.24) is 0 Å². The molecule has 1 atom stereocenters. The second kappa shape index (κ2) is 6.95. The molecule has 0 heterocycles. The van der Waals surface area contributed by atoms with E-state index in [-0.39, 0.29) is 0 Å². The van der Waals surface area contributed by atoms with Gasteiger partial charge in [-0.3, -0.25) is 0 Å². The topological polar surface area (TPSA) is 29.5 Å². The standard InChI is InChI=1S/C10H23O2PS/c1-9(2)5-7-12-13(11,14)8-6-10(3)4/h9-10H,5-8H2,1-4H3,(H,11,14). The maximum Gasteiger partial charge on any atom is 0.186 e. The van der Waals surface area contributed by atoms with Gasteiger partial charge in [-0.15, -0.1) is 0 Å². The van der Waals surface area contributed by atoms with E-state index in [1.165, 1.54) is 0 Å². The smallest absolute Gasteiger partial charge is 0.186 e. The third-order valence-corrected chi connectivity index (χ3v) is 4.25. The van der Waals surface area contributed by atoms with E-state index >= 15 is 0 Å². The zero-order chi connectivity index (χ0) is 11.2. The lowest BCUT2D eigenvalue weighted by atomic mass is 10.2. The Morgan fingerprint density at radius 1 is 1.14 bits per heavy atom. The Hall–Kier alpha value is 0.570. The summed E-state index contributed by atoms with van der Waals surface area (Å²) in [5.41, 5.74) is 0. The molecule has 0 amide bonds. The van der Waals surface area contributed by atoms with Gasteiger partial charge in [-0.25, -0.2) is 0 Å². The van der Waals surface area contributed by atoms with Crippen LogP contribution < -0.4 is 0 Å². The molecule has 0 rings (SSSR count). The molecule has 0 saturated carbocycles. The Labute approximate surface area is 93.2 Å². The molecule has 0 saturated heterocycles. The summed E-state index contributed by atoms with van der Waals surface area (Å²) >= 11 is 5.06. The van der Waals surface area contributed by atoms with Gasteiger partial charge < -0.3 is 9.42 Å². The highest BCUT2D eigenvalue weighted by atomic mass is 32.5. The fourth-order valence-electron chi connectivity index (χ4n) is 0.917. The highest BCUT2D eigenvalue weighted by Crippen LogP contribution is 2.43. The molecule has 0 radical (unpaired) electrons. The van der Waals surface area contributed by atoms with Gasteiger partial charge in [0.05, 0.1) is 6.61 Å². The van der Waals surface area contributed by atoms with Gasteiger partial charge in [0, 0.05) is 6.16 Å². The monoisotopic (exact) mass is 238 g/mol. The van der Waals surface area contributed by atoms with Crippen LogP contribution in [0.2, 0.25) is 0 Å². The van der Waals surface area contributed by atoms with Crippen LogP contribution in [0.4, 0.5) is 0 Å². The average molecular weight is 238 g/mol. The maximum atomic E-state index is 9.78. The quantitative estimate of drug-likeness (QED) is 0.689. The van der Waals surface area contributed by atoms with Gasteiger partial charge in [-0.2, -0.15) is 0 Å². The lowest BCUT2D eigenvalue weighted by Gasteiger charge is -2.17. The zero-order valence-corrected chi connectivity index (χ0v) is 11.4. The molecular weight excluding hydrogens is 215 g/mol.